The van der Waals surface area contributed by atoms with Gasteiger partial charge in [0.05, 0.1) is 0 Å². The highest BCUT2D eigenvalue weighted by Gasteiger charge is 2.29. The summed E-state index contributed by atoms with van der Waals surface area (Å²) in [4.78, 5) is 17.8. The molecular formula is C24H27N3O. The van der Waals surface area contributed by atoms with Crippen molar-refractivity contribution in [1.82, 2.24) is 14.4 Å². The topological polar surface area (TPSA) is 28.5 Å². The van der Waals surface area contributed by atoms with E-state index in [-0.39, 0.29) is 5.91 Å². The molecule has 0 saturated carbocycles. The number of rotatable bonds is 2. The molecule has 1 fully saturated rings. The van der Waals surface area contributed by atoms with Crippen LogP contribution in [-0.2, 0) is 19.9 Å². The number of amides is 1. The molecule has 1 aliphatic carbocycles. The van der Waals surface area contributed by atoms with E-state index in [0.29, 0.717) is 6.04 Å². The largest absolute Gasteiger partial charge is 0.340 e. The predicted molar refractivity (Wildman–Crippen MR) is 113 cm³/mol. The first-order valence-electron chi connectivity index (χ1n) is 10.4. The van der Waals surface area contributed by atoms with Crippen molar-refractivity contribution >= 4 is 16.8 Å². The minimum Gasteiger partial charge on any atom is -0.340 e. The number of hydrogen-bond acceptors (Lipinski definition) is 2. The van der Waals surface area contributed by atoms with Crippen LogP contribution in [0, 0.1) is 0 Å². The number of carbonyl (C=O) groups is 1. The third-order valence-corrected chi connectivity index (χ3v) is 6.61. The van der Waals surface area contributed by atoms with Crippen molar-refractivity contribution in [3.63, 3.8) is 0 Å². The summed E-state index contributed by atoms with van der Waals surface area (Å²) in [5.74, 6) is 0.160. The van der Waals surface area contributed by atoms with Crippen LogP contribution in [0.5, 0.6) is 0 Å². The lowest BCUT2D eigenvalue weighted by Crippen LogP contribution is -2.53. The first-order chi connectivity index (χ1) is 13.7. The fourth-order valence-corrected chi connectivity index (χ4v) is 4.94. The summed E-state index contributed by atoms with van der Waals surface area (Å²) in [6.45, 7) is 3.59. The highest BCUT2D eigenvalue weighted by atomic mass is 16.2. The van der Waals surface area contributed by atoms with Gasteiger partial charge in [0.25, 0.3) is 5.91 Å². The fourth-order valence-electron chi connectivity index (χ4n) is 4.94. The third-order valence-electron chi connectivity index (χ3n) is 6.61. The van der Waals surface area contributed by atoms with Gasteiger partial charge in [-0.05, 0) is 42.5 Å². The normalized spacial score (nSPS) is 20.3. The molecule has 1 unspecified atom stereocenters. The number of aromatic nitrogens is 1. The minimum absolute atomic E-state index is 0.160. The molecule has 1 aromatic heterocycles. The highest BCUT2D eigenvalue weighted by Crippen LogP contribution is 2.26. The smallest absolute Gasteiger partial charge is 0.270 e. The van der Waals surface area contributed by atoms with Crippen molar-refractivity contribution in [2.45, 2.75) is 25.3 Å². The molecule has 1 amide bonds. The number of fused-ring (bicyclic) bond motifs is 2. The summed E-state index contributed by atoms with van der Waals surface area (Å²) < 4.78 is 2.03. The number of nitrogens with zero attached hydrogens (tertiary/aromatic N) is 3. The number of piperazine rings is 1. The summed E-state index contributed by atoms with van der Waals surface area (Å²) >= 11 is 0. The molecule has 2 aromatic carbocycles. The SMILES string of the molecule is Cn1c(C(=O)N2CCN(C3CCc4ccccc4C3)CC2)cc2ccccc21. The van der Waals surface area contributed by atoms with E-state index in [1.54, 1.807) is 0 Å². The molecule has 1 aliphatic heterocycles. The van der Waals surface area contributed by atoms with Crippen molar-refractivity contribution in [3.05, 3.63) is 71.4 Å². The lowest BCUT2D eigenvalue weighted by atomic mass is 9.87. The molecular weight excluding hydrogens is 346 g/mol. The number of hydrogen-bond donors (Lipinski definition) is 0. The zero-order valence-corrected chi connectivity index (χ0v) is 16.5. The standard InChI is InChI=1S/C24H27N3O/c1-25-22-9-5-4-8-20(22)17-23(25)24(28)27-14-12-26(13-15-27)21-11-10-18-6-2-3-7-19(18)16-21/h2-9,17,21H,10-16H2,1H3. The highest BCUT2D eigenvalue weighted by molar-refractivity contribution is 5.98. The van der Waals surface area contributed by atoms with E-state index < -0.39 is 0 Å². The molecule has 2 aliphatic rings. The molecule has 0 bridgehead atoms. The molecule has 1 atom stereocenters. The minimum atomic E-state index is 0.160. The van der Waals surface area contributed by atoms with Gasteiger partial charge in [-0.15, -0.1) is 0 Å². The number of carbonyl (C=O) groups excluding carboxylic acids is 1. The molecule has 1 saturated heterocycles. The maximum absolute atomic E-state index is 13.1. The van der Waals surface area contributed by atoms with Crippen molar-refractivity contribution in [2.24, 2.45) is 7.05 Å². The maximum Gasteiger partial charge on any atom is 0.270 e. The number of aryl methyl sites for hydroxylation is 2. The Labute approximate surface area is 166 Å². The van der Waals surface area contributed by atoms with E-state index in [1.807, 2.05) is 34.7 Å². The molecule has 3 aromatic rings. The third kappa shape index (κ3) is 3.02. The van der Waals surface area contributed by atoms with E-state index >= 15 is 0 Å². The number of para-hydroxylation sites is 1. The van der Waals surface area contributed by atoms with Crippen molar-refractivity contribution in [2.75, 3.05) is 26.2 Å². The van der Waals surface area contributed by atoms with Crippen LogP contribution in [0.1, 0.15) is 28.0 Å². The molecule has 0 spiro atoms. The van der Waals surface area contributed by atoms with Gasteiger partial charge < -0.3 is 9.47 Å². The van der Waals surface area contributed by atoms with E-state index in [0.717, 1.165) is 49.2 Å². The Bertz CT molecular complexity index is 1010. The predicted octanol–water partition coefficient (Wildman–Crippen LogP) is 3.49. The molecule has 28 heavy (non-hydrogen) atoms. The van der Waals surface area contributed by atoms with Gasteiger partial charge in [-0.2, -0.15) is 0 Å². The summed E-state index contributed by atoms with van der Waals surface area (Å²) in [6.07, 6.45) is 3.55. The van der Waals surface area contributed by atoms with Gasteiger partial charge in [-0.3, -0.25) is 9.69 Å². The lowest BCUT2D eigenvalue weighted by Gasteiger charge is -2.41. The van der Waals surface area contributed by atoms with Gasteiger partial charge in [0.15, 0.2) is 0 Å². The quantitative estimate of drug-likeness (QED) is 0.688. The first-order valence-corrected chi connectivity index (χ1v) is 10.4. The second kappa shape index (κ2) is 7.10. The molecule has 2 heterocycles. The summed E-state index contributed by atoms with van der Waals surface area (Å²) in [5, 5.41) is 1.13. The van der Waals surface area contributed by atoms with Gasteiger partial charge in [0.1, 0.15) is 5.69 Å². The monoisotopic (exact) mass is 373 g/mol. The summed E-state index contributed by atoms with van der Waals surface area (Å²) in [7, 11) is 1.99. The summed E-state index contributed by atoms with van der Waals surface area (Å²) in [5.41, 5.74) is 4.93. The van der Waals surface area contributed by atoms with Gasteiger partial charge in [0, 0.05) is 50.2 Å². The van der Waals surface area contributed by atoms with Gasteiger partial charge in [0.2, 0.25) is 0 Å². The molecule has 4 nitrogen and oxygen atoms in total. The Morgan fingerprint density at radius 2 is 1.64 bits per heavy atom. The molecule has 4 heteroatoms. The zero-order chi connectivity index (χ0) is 19.1. The van der Waals surface area contributed by atoms with Crippen LogP contribution >= 0.6 is 0 Å². The maximum atomic E-state index is 13.1. The van der Waals surface area contributed by atoms with Crippen LogP contribution in [0.3, 0.4) is 0 Å². The van der Waals surface area contributed by atoms with Crippen LogP contribution in [0.25, 0.3) is 10.9 Å². The van der Waals surface area contributed by atoms with Crippen molar-refractivity contribution in [1.29, 1.82) is 0 Å². The van der Waals surface area contributed by atoms with E-state index in [9.17, 15) is 4.79 Å². The van der Waals surface area contributed by atoms with Crippen molar-refractivity contribution < 1.29 is 4.79 Å². The van der Waals surface area contributed by atoms with E-state index in [4.69, 9.17) is 0 Å². The molecule has 5 rings (SSSR count). The lowest BCUT2D eigenvalue weighted by molar-refractivity contribution is 0.0545. The van der Waals surface area contributed by atoms with E-state index in [1.165, 1.54) is 24.0 Å². The van der Waals surface area contributed by atoms with Gasteiger partial charge in [-0.25, -0.2) is 0 Å². The molecule has 0 N–H and O–H groups in total. The Morgan fingerprint density at radius 1 is 0.929 bits per heavy atom. The second-order valence-corrected chi connectivity index (χ2v) is 8.14. The second-order valence-electron chi connectivity index (χ2n) is 8.14. The van der Waals surface area contributed by atoms with Gasteiger partial charge in [-0.1, -0.05) is 42.5 Å². The number of benzene rings is 2. The Hall–Kier alpha value is -2.59. The zero-order valence-electron chi connectivity index (χ0n) is 16.5. The van der Waals surface area contributed by atoms with Crippen LogP contribution < -0.4 is 0 Å². The molecule has 144 valence electrons. The van der Waals surface area contributed by atoms with Crippen molar-refractivity contribution in [3.8, 4) is 0 Å². The van der Waals surface area contributed by atoms with Crippen LogP contribution in [-0.4, -0.2) is 52.5 Å². The average molecular weight is 374 g/mol. The average Bonchev–Trinajstić information content (AvgIpc) is 3.10. The Balaban J connectivity index is 1.26. The Kier molecular flexibility index (Phi) is 4.44. The van der Waals surface area contributed by atoms with Crippen LogP contribution in [0.15, 0.2) is 54.6 Å². The fraction of sp³-hybridized carbons (Fsp3) is 0.375. The first kappa shape index (κ1) is 17.5. The van der Waals surface area contributed by atoms with Crippen LogP contribution in [0.2, 0.25) is 0 Å². The molecule has 0 radical (unpaired) electrons. The van der Waals surface area contributed by atoms with Crippen LogP contribution in [0.4, 0.5) is 0 Å². The van der Waals surface area contributed by atoms with Gasteiger partial charge >= 0.3 is 0 Å². The van der Waals surface area contributed by atoms with E-state index in [2.05, 4.69) is 41.3 Å². The summed E-state index contributed by atoms with van der Waals surface area (Å²) in [6, 6.07) is 19.7. The Morgan fingerprint density at radius 3 is 2.43 bits per heavy atom.